The zero-order valence-electron chi connectivity index (χ0n) is 12.0. The molecule has 2 rings (SSSR count). The van der Waals surface area contributed by atoms with Crippen molar-refractivity contribution < 1.29 is 9.18 Å². The summed E-state index contributed by atoms with van der Waals surface area (Å²) in [5.41, 5.74) is 6.73. The van der Waals surface area contributed by atoms with Crippen molar-refractivity contribution in [2.24, 2.45) is 11.7 Å². The molecular weight excluding hydrogens is 255 g/mol. The summed E-state index contributed by atoms with van der Waals surface area (Å²) in [5, 5.41) is 0. The molecule has 20 heavy (non-hydrogen) atoms. The van der Waals surface area contributed by atoms with Crippen LogP contribution < -0.4 is 10.6 Å². The second-order valence-electron chi connectivity index (χ2n) is 5.72. The van der Waals surface area contributed by atoms with Crippen LogP contribution in [-0.2, 0) is 4.79 Å². The third kappa shape index (κ3) is 3.79. The number of hydrogen-bond acceptors (Lipinski definition) is 2. The van der Waals surface area contributed by atoms with Crippen molar-refractivity contribution in [3.63, 3.8) is 0 Å². The number of nitrogens with zero attached hydrogens (tertiary/aromatic N) is 1. The SMILES string of the molecule is CN(C(=O)C(N)CC1CCCCC1)c1ccc(F)cc1. The molecular formula is C16H23FN2O. The Labute approximate surface area is 120 Å². The van der Waals surface area contributed by atoms with E-state index in [9.17, 15) is 9.18 Å². The Balaban J connectivity index is 1.93. The van der Waals surface area contributed by atoms with E-state index in [0.717, 1.165) is 6.42 Å². The van der Waals surface area contributed by atoms with Gasteiger partial charge in [0.25, 0.3) is 0 Å². The van der Waals surface area contributed by atoms with E-state index in [4.69, 9.17) is 5.73 Å². The van der Waals surface area contributed by atoms with Crippen LogP contribution in [0.4, 0.5) is 10.1 Å². The highest BCUT2D eigenvalue weighted by Gasteiger charge is 2.24. The predicted octanol–water partition coefficient (Wildman–Crippen LogP) is 3.09. The highest BCUT2D eigenvalue weighted by molar-refractivity contribution is 5.96. The van der Waals surface area contributed by atoms with Gasteiger partial charge in [0, 0.05) is 12.7 Å². The lowest BCUT2D eigenvalue weighted by molar-refractivity contribution is -0.120. The van der Waals surface area contributed by atoms with Crippen LogP contribution in [0.5, 0.6) is 0 Å². The third-order valence-electron chi connectivity index (χ3n) is 4.17. The Morgan fingerprint density at radius 1 is 1.30 bits per heavy atom. The van der Waals surface area contributed by atoms with Crippen molar-refractivity contribution in [3.05, 3.63) is 30.1 Å². The average Bonchev–Trinajstić information content (AvgIpc) is 2.47. The van der Waals surface area contributed by atoms with Gasteiger partial charge in [-0.05, 0) is 36.6 Å². The lowest BCUT2D eigenvalue weighted by atomic mass is 9.85. The third-order valence-corrected chi connectivity index (χ3v) is 4.17. The Hall–Kier alpha value is -1.42. The van der Waals surface area contributed by atoms with Gasteiger partial charge in [0.15, 0.2) is 0 Å². The van der Waals surface area contributed by atoms with Gasteiger partial charge in [0.05, 0.1) is 6.04 Å². The van der Waals surface area contributed by atoms with Gasteiger partial charge in [-0.25, -0.2) is 4.39 Å². The summed E-state index contributed by atoms with van der Waals surface area (Å²) in [6, 6.07) is 5.44. The van der Waals surface area contributed by atoms with Gasteiger partial charge < -0.3 is 10.6 Å². The summed E-state index contributed by atoms with van der Waals surface area (Å²) < 4.78 is 12.9. The maximum atomic E-state index is 12.9. The number of halogens is 1. The molecule has 1 saturated carbocycles. The number of likely N-dealkylation sites (N-methyl/N-ethyl adjacent to an activating group) is 1. The Bertz CT molecular complexity index is 440. The molecule has 0 heterocycles. The molecule has 0 saturated heterocycles. The summed E-state index contributed by atoms with van der Waals surface area (Å²) in [6.07, 6.45) is 6.92. The second-order valence-corrected chi connectivity index (χ2v) is 5.72. The maximum Gasteiger partial charge on any atom is 0.243 e. The summed E-state index contributed by atoms with van der Waals surface area (Å²) in [4.78, 5) is 13.8. The van der Waals surface area contributed by atoms with E-state index in [-0.39, 0.29) is 11.7 Å². The van der Waals surface area contributed by atoms with E-state index in [1.54, 1.807) is 19.2 Å². The average molecular weight is 278 g/mol. The first kappa shape index (κ1) is 15.0. The number of nitrogens with two attached hydrogens (primary N) is 1. The highest BCUT2D eigenvalue weighted by Crippen LogP contribution is 2.27. The lowest BCUT2D eigenvalue weighted by Gasteiger charge is -2.26. The first-order valence-corrected chi connectivity index (χ1v) is 7.36. The number of benzene rings is 1. The number of hydrogen-bond donors (Lipinski definition) is 1. The largest absolute Gasteiger partial charge is 0.320 e. The molecule has 3 nitrogen and oxygen atoms in total. The van der Waals surface area contributed by atoms with Crippen LogP contribution in [0.15, 0.2) is 24.3 Å². The van der Waals surface area contributed by atoms with Crippen LogP contribution in [0.25, 0.3) is 0 Å². The van der Waals surface area contributed by atoms with Crippen molar-refractivity contribution in [1.82, 2.24) is 0 Å². The Morgan fingerprint density at radius 2 is 1.90 bits per heavy atom. The fraction of sp³-hybridized carbons (Fsp3) is 0.562. The molecule has 1 aromatic carbocycles. The van der Waals surface area contributed by atoms with E-state index in [1.807, 2.05) is 0 Å². The van der Waals surface area contributed by atoms with E-state index in [2.05, 4.69) is 0 Å². The quantitative estimate of drug-likeness (QED) is 0.920. The van der Waals surface area contributed by atoms with Crippen LogP contribution in [0.2, 0.25) is 0 Å². The molecule has 1 atom stereocenters. The normalized spacial score (nSPS) is 17.8. The first-order valence-electron chi connectivity index (χ1n) is 7.36. The standard InChI is InChI=1S/C16H23FN2O/c1-19(14-9-7-13(17)8-10-14)16(20)15(18)11-12-5-3-2-4-6-12/h7-10,12,15H,2-6,11,18H2,1H3. The fourth-order valence-corrected chi connectivity index (χ4v) is 2.92. The van der Waals surface area contributed by atoms with Crippen molar-refractivity contribution in [1.29, 1.82) is 0 Å². The van der Waals surface area contributed by atoms with Crippen molar-refractivity contribution in [3.8, 4) is 0 Å². The minimum atomic E-state index is -0.465. The smallest absolute Gasteiger partial charge is 0.243 e. The molecule has 0 aromatic heterocycles. The zero-order chi connectivity index (χ0) is 14.5. The summed E-state index contributed by atoms with van der Waals surface area (Å²) >= 11 is 0. The van der Waals surface area contributed by atoms with Crippen molar-refractivity contribution in [2.75, 3.05) is 11.9 Å². The van der Waals surface area contributed by atoms with E-state index in [1.165, 1.54) is 49.1 Å². The second kappa shape index (κ2) is 6.84. The van der Waals surface area contributed by atoms with Crippen molar-refractivity contribution in [2.45, 2.75) is 44.6 Å². The monoisotopic (exact) mass is 278 g/mol. The molecule has 0 spiro atoms. The maximum absolute atomic E-state index is 12.9. The number of carbonyl (C=O) groups excluding carboxylic acids is 1. The Morgan fingerprint density at radius 3 is 2.50 bits per heavy atom. The summed E-state index contributed by atoms with van der Waals surface area (Å²) in [5.74, 6) is 0.174. The molecule has 0 aliphatic heterocycles. The molecule has 4 heteroatoms. The molecule has 1 aromatic rings. The minimum absolute atomic E-state index is 0.0952. The molecule has 2 N–H and O–H groups in total. The lowest BCUT2D eigenvalue weighted by Crippen LogP contribution is -2.43. The number of anilines is 1. The molecule has 0 radical (unpaired) electrons. The molecule has 1 fully saturated rings. The first-order chi connectivity index (χ1) is 9.58. The molecule has 1 aliphatic rings. The van der Waals surface area contributed by atoms with Crippen LogP contribution in [-0.4, -0.2) is 19.0 Å². The van der Waals surface area contributed by atoms with E-state index in [0.29, 0.717) is 11.6 Å². The summed E-state index contributed by atoms with van der Waals surface area (Å²) in [6.45, 7) is 0. The molecule has 110 valence electrons. The molecule has 0 bridgehead atoms. The van der Waals surface area contributed by atoms with Gasteiger partial charge in [-0.3, -0.25) is 4.79 Å². The van der Waals surface area contributed by atoms with Gasteiger partial charge in [0.2, 0.25) is 5.91 Å². The highest BCUT2D eigenvalue weighted by atomic mass is 19.1. The topological polar surface area (TPSA) is 46.3 Å². The van der Waals surface area contributed by atoms with Crippen LogP contribution in [0.1, 0.15) is 38.5 Å². The number of rotatable bonds is 4. The molecule has 1 unspecified atom stereocenters. The van der Waals surface area contributed by atoms with Gasteiger partial charge in [-0.15, -0.1) is 0 Å². The fourth-order valence-electron chi connectivity index (χ4n) is 2.92. The van der Waals surface area contributed by atoms with Gasteiger partial charge in [-0.1, -0.05) is 32.1 Å². The minimum Gasteiger partial charge on any atom is -0.320 e. The molecule has 1 amide bonds. The van der Waals surface area contributed by atoms with Crippen LogP contribution in [0, 0.1) is 11.7 Å². The van der Waals surface area contributed by atoms with Gasteiger partial charge in [0.1, 0.15) is 5.82 Å². The van der Waals surface area contributed by atoms with Gasteiger partial charge in [-0.2, -0.15) is 0 Å². The Kier molecular flexibility index (Phi) is 5.12. The van der Waals surface area contributed by atoms with E-state index >= 15 is 0 Å². The van der Waals surface area contributed by atoms with Crippen molar-refractivity contribution >= 4 is 11.6 Å². The number of carbonyl (C=O) groups is 1. The zero-order valence-corrected chi connectivity index (χ0v) is 12.0. The van der Waals surface area contributed by atoms with E-state index < -0.39 is 6.04 Å². The van der Waals surface area contributed by atoms with Crippen LogP contribution >= 0.6 is 0 Å². The molecule has 1 aliphatic carbocycles. The number of amides is 1. The van der Waals surface area contributed by atoms with Gasteiger partial charge >= 0.3 is 0 Å². The van der Waals surface area contributed by atoms with Crippen LogP contribution in [0.3, 0.4) is 0 Å². The summed E-state index contributed by atoms with van der Waals surface area (Å²) in [7, 11) is 1.69. The predicted molar refractivity (Wildman–Crippen MR) is 79.0 cm³/mol.